The van der Waals surface area contributed by atoms with Crippen molar-refractivity contribution < 1.29 is 27.4 Å². The van der Waals surface area contributed by atoms with Gasteiger partial charge in [-0.1, -0.05) is 0 Å². The van der Waals surface area contributed by atoms with Crippen LogP contribution in [0.3, 0.4) is 0 Å². The number of nitrogens with zero attached hydrogens (tertiary/aromatic N) is 4. The molecule has 0 spiro atoms. The number of imidazole rings is 1. The molecule has 0 aliphatic heterocycles. The van der Waals surface area contributed by atoms with Gasteiger partial charge in [0, 0.05) is 28.9 Å². The molecule has 0 radical (unpaired) electrons. The second-order valence-electron chi connectivity index (χ2n) is 7.90. The smallest absolute Gasteiger partial charge is 0.416 e. The van der Waals surface area contributed by atoms with Crippen LogP contribution in [0.1, 0.15) is 5.56 Å². The van der Waals surface area contributed by atoms with Gasteiger partial charge in [0.2, 0.25) is 11.7 Å². The van der Waals surface area contributed by atoms with E-state index >= 15 is 0 Å². The van der Waals surface area contributed by atoms with Crippen LogP contribution in [-0.4, -0.2) is 40.8 Å². The summed E-state index contributed by atoms with van der Waals surface area (Å²) in [4.78, 5) is 13.7. The monoisotopic (exact) mass is 542 g/mol. The van der Waals surface area contributed by atoms with Crippen molar-refractivity contribution >= 4 is 45.6 Å². The number of hydrogen-bond acceptors (Lipinski definition) is 9. The molecule has 0 saturated heterocycles. The first-order valence-electron chi connectivity index (χ1n) is 11.1. The second-order valence-corrected chi connectivity index (χ2v) is 8.68. The fraction of sp³-hybridized carbons (Fsp3) is 0.160. The lowest BCUT2D eigenvalue weighted by Gasteiger charge is -2.15. The molecule has 0 aliphatic rings. The van der Waals surface area contributed by atoms with Crippen LogP contribution in [0.25, 0.3) is 16.9 Å². The number of benzene rings is 2. The fourth-order valence-electron chi connectivity index (χ4n) is 3.79. The van der Waals surface area contributed by atoms with Crippen molar-refractivity contribution in [3.05, 3.63) is 65.1 Å². The molecule has 13 heteroatoms. The number of anilines is 4. The number of rotatable bonds is 8. The van der Waals surface area contributed by atoms with E-state index in [1.54, 1.807) is 23.0 Å². The van der Waals surface area contributed by atoms with Crippen molar-refractivity contribution in [3.63, 3.8) is 0 Å². The Kier molecular flexibility index (Phi) is 6.68. The van der Waals surface area contributed by atoms with Crippen LogP contribution < -0.4 is 24.8 Å². The third kappa shape index (κ3) is 4.87. The molecule has 0 aliphatic carbocycles. The molecule has 0 atom stereocenters. The van der Waals surface area contributed by atoms with Crippen LogP contribution >= 0.6 is 11.3 Å². The summed E-state index contributed by atoms with van der Waals surface area (Å²) in [5.74, 6) is 1.81. The summed E-state index contributed by atoms with van der Waals surface area (Å²) in [6.07, 6.45) is -2.80. The van der Waals surface area contributed by atoms with Crippen LogP contribution in [0.5, 0.6) is 17.2 Å². The van der Waals surface area contributed by atoms with E-state index in [1.807, 2.05) is 16.8 Å². The van der Waals surface area contributed by atoms with Gasteiger partial charge in [0.25, 0.3) is 0 Å². The Morgan fingerprint density at radius 3 is 2.16 bits per heavy atom. The van der Waals surface area contributed by atoms with Crippen molar-refractivity contribution in [2.75, 3.05) is 32.0 Å². The number of halogens is 3. The van der Waals surface area contributed by atoms with Crippen LogP contribution in [-0.2, 0) is 6.18 Å². The lowest BCUT2D eigenvalue weighted by Crippen LogP contribution is -2.06. The summed E-state index contributed by atoms with van der Waals surface area (Å²) in [5.41, 5.74) is 2.03. The molecule has 9 nitrogen and oxygen atoms in total. The molecule has 2 N–H and O–H groups in total. The molecule has 196 valence electrons. The van der Waals surface area contributed by atoms with Gasteiger partial charge in [-0.25, -0.2) is 4.98 Å². The molecule has 3 aromatic heterocycles. The minimum atomic E-state index is -4.43. The maximum Gasteiger partial charge on any atom is 0.416 e. The summed E-state index contributed by atoms with van der Waals surface area (Å²) in [6, 6.07) is 9.97. The Balaban J connectivity index is 1.58. The van der Waals surface area contributed by atoms with E-state index in [2.05, 4.69) is 25.6 Å². The van der Waals surface area contributed by atoms with Crippen LogP contribution in [0.15, 0.2) is 59.6 Å². The van der Waals surface area contributed by atoms with Gasteiger partial charge < -0.3 is 24.8 Å². The molecule has 0 unspecified atom stereocenters. The Morgan fingerprint density at radius 2 is 1.58 bits per heavy atom. The van der Waals surface area contributed by atoms with Gasteiger partial charge in [-0.15, -0.1) is 0 Å². The molecule has 0 fully saturated rings. The number of hydrogen-bond donors (Lipinski definition) is 2. The minimum absolute atomic E-state index is 0.157. The molecule has 38 heavy (non-hydrogen) atoms. The van der Waals surface area contributed by atoms with Crippen molar-refractivity contribution in [1.82, 2.24) is 19.5 Å². The maximum atomic E-state index is 13.0. The lowest BCUT2D eigenvalue weighted by atomic mass is 10.2. The van der Waals surface area contributed by atoms with Crippen molar-refractivity contribution in [3.8, 4) is 22.9 Å². The van der Waals surface area contributed by atoms with Gasteiger partial charge in [-0.2, -0.15) is 34.5 Å². The Bertz CT molecular complexity index is 1550. The van der Waals surface area contributed by atoms with E-state index in [-0.39, 0.29) is 5.95 Å². The van der Waals surface area contributed by atoms with E-state index in [4.69, 9.17) is 14.2 Å². The Hall–Kier alpha value is -4.52. The molecule has 2 aromatic carbocycles. The number of fused-ring (bicyclic) bond motifs is 1. The van der Waals surface area contributed by atoms with Gasteiger partial charge in [0.15, 0.2) is 28.5 Å². The third-order valence-electron chi connectivity index (χ3n) is 5.58. The standard InChI is InChI=1S/C25H21F3N6O3S/c1-35-18-10-16(11-19(36-2)21(18)37-3)30-22-20-23(34(13-29-20)17-8-9-38-12-17)33-24(32-22)31-15-6-4-14(5-7-15)25(26,27)28/h4-13H,1-3H3,(H2,30,31,32,33). The summed E-state index contributed by atoms with van der Waals surface area (Å²) >= 11 is 1.52. The van der Waals surface area contributed by atoms with Gasteiger partial charge in [-0.3, -0.25) is 4.57 Å². The maximum absolute atomic E-state index is 13.0. The SMILES string of the molecule is COc1cc(Nc2nc(Nc3ccc(C(F)(F)F)cc3)nc3c2ncn3-c2ccsc2)cc(OC)c1OC. The zero-order valence-electron chi connectivity index (χ0n) is 20.3. The van der Waals surface area contributed by atoms with Gasteiger partial charge in [-0.05, 0) is 35.7 Å². The molecule has 0 bridgehead atoms. The Morgan fingerprint density at radius 1 is 0.868 bits per heavy atom. The zero-order chi connectivity index (χ0) is 26.9. The fourth-order valence-corrected chi connectivity index (χ4v) is 4.42. The number of nitrogens with one attached hydrogen (secondary N) is 2. The number of ether oxygens (including phenoxy) is 3. The number of aromatic nitrogens is 4. The highest BCUT2D eigenvalue weighted by Gasteiger charge is 2.30. The van der Waals surface area contributed by atoms with E-state index in [0.29, 0.717) is 45.6 Å². The van der Waals surface area contributed by atoms with E-state index in [0.717, 1.165) is 17.8 Å². The summed E-state index contributed by atoms with van der Waals surface area (Å²) in [6.45, 7) is 0. The minimum Gasteiger partial charge on any atom is -0.493 e. The predicted octanol–water partition coefficient (Wildman–Crippen LogP) is 6.41. The van der Waals surface area contributed by atoms with Crippen LogP contribution in [0.2, 0.25) is 0 Å². The second kappa shape index (κ2) is 10.1. The molecule has 3 heterocycles. The summed E-state index contributed by atoms with van der Waals surface area (Å²) in [7, 11) is 4.54. The average molecular weight is 543 g/mol. The van der Waals surface area contributed by atoms with Crippen LogP contribution in [0, 0.1) is 0 Å². The molecule has 0 saturated carbocycles. The molecule has 5 rings (SSSR count). The van der Waals surface area contributed by atoms with Gasteiger partial charge in [0.1, 0.15) is 6.33 Å². The highest BCUT2D eigenvalue weighted by atomic mass is 32.1. The largest absolute Gasteiger partial charge is 0.493 e. The van der Waals surface area contributed by atoms with Crippen molar-refractivity contribution in [2.45, 2.75) is 6.18 Å². The number of thiophene rings is 1. The Labute approximate surface area is 218 Å². The van der Waals surface area contributed by atoms with Crippen molar-refractivity contribution in [1.29, 1.82) is 0 Å². The van der Waals surface area contributed by atoms with Gasteiger partial charge >= 0.3 is 6.18 Å². The normalized spacial score (nSPS) is 11.4. The molecular formula is C25H21F3N6O3S. The molecule has 0 amide bonds. The summed E-state index contributed by atoms with van der Waals surface area (Å²) < 4.78 is 57.1. The highest BCUT2D eigenvalue weighted by Crippen LogP contribution is 2.41. The molecule has 5 aromatic rings. The quantitative estimate of drug-likeness (QED) is 0.232. The third-order valence-corrected chi connectivity index (χ3v) is 6.25. The number of alkyl halides is 3. The van der Waals surface area contributed by atoms with E-state index in [9.17, 15) is 13.2 Å². The average Bonchev–Trinajstić information content (AvgIpc) is 3.58. The van der Waals surface area contributed by atoms with E-state index < -0.39 is 11.7 Å². The number of methoxy groups -OCH3 is 3. The predicted molar refractivity (Wildman–Crippen MR) is 139 cm³/mol. The summed E-state index contributed by atoms with van der Waals surface area (Å²) in [5, 5.41) is 10.1. The van der Waals surface area contributed by atoms with E-state index in [1.165, 1.54) is 44.8 Å². The molecular weight excluding hydrogens is 521 g/mol. The van der Waals surface area contributed by atoms with Crippen molar-refractivity contribution in [2.24, 2.45) is 0 Å². The highest BCUT2D eigenvalue weighted by molar-refractivity contribution is 7.08. The first-order valence-corrected chi connectivity index (χ1v) is 12.0. The topological polar surface area (TPSA) is 95.4 Å². The first-order chi connectivity index (χ1) is 18.3. The lowest BCUT2D eigenvalue weighted by molar-refractivity contribution is -0.137. The van der Waals surface area contributed by atoms with Gasteiger partial charge in [0.05, 0.1) is 32.6 Å². The van der Waals surface area contributed by atoms with Crippen LogP contribution in [0.4, 0.5) is 36.3 Å². The zero-order valence-corrected chi connectivity index (χ0v) is 21.1. The first kappa shape index (κ1) is 25.1.